The molecule has 0 bridgehead atoms. The Balaban J connectivity index is 2.30. The summed E-state index contributed by atoms with van der Waals surface area (Å²) in [6, 6.07) is 2.87. The van der Waals surface area contributed by atoms with Crippen molar-refractivity contribution < 1.29 is 28.5 Å². The minimum atomic E-state index is -0.579. The van der Waals surface area contributed by atoms with Crippen LogP contribution < -0.4 is 19.5 Å². The number of carbonyl (C=O) groups is 2. The molecule has 158 valence electrons. The largest absolute Gasteiger partial charge is 0.493 e. The van der Waals surface area contributed by atoms with Crippen molar-refractivity contribution in [3.63, 3.8) is 0 Å². The summed E-state index contributed by atoms with van der Waals surface area (Å²) in [4.78, 5) is 28.2. The zero-order valence-corrected chi connectivity index (χ0v) is 17.9. The van der Waals surface area contributed by atoms with Gasteiger partial charge in [0, 0.05) is 23.5 Å². The summed E-state index contributed by atoms with van der Waals surface area (Å²) in [6.45, 7) is 7.23. The fourth-order valence-corrected chi connectivity index (χ4v) is 3.20. The van der Waals surface area contributed by atoms with Crippen LogP contribution in [-0.2, 0) is 4.74 Å². The van der Waals surface area contributed by atoms with Gasteiger partial charge in [0.15, 0.2) is 11.5 Å². The van der Waals surface area contributed by atoms with Crippen molar-refractivity contribution in [3.8, 4) is 17.2 Å². The number of ether oxygens (including phenoxy) is 4. The molecular weight excluding hydrogens is 376 g/mol. The number of aryl methyl sites for hydroxylation is 1. The van der Waals surface area contributed by atoms with Gasteiger partial charge in [-0.05, 0) is 33.3 Å². The van der Waals surface area contributed by atoms with Crippen LogP contribution in [0.25, 0.3) is 0 Å². The fourth-order valence-electron chi connectivity index (χ4n) is 3.20. The van der Waals surface area contributed by atoms with E-state index >= 15 is 0 Å². The second-order valence-electron chi connectivity index (χ2n) is 6.49. The first-order valence-electron chi connectivity index (χ1n) is 9.25. The van der Waals surface area contributed by atoms with Crippen LogP contribution in [0.3, 0.4) is 0 Å². The average molecular weight is 404 g/mol. The van der Waals surface area contributed by atoms with Crippen molar-refractivity contribution in [2.75, 3.05) is 33.3 Å². The highest BCUT2D eigenvalue weighted by Gasteiger charge is 2.26. The van der Waals surface area contributed by atoms with Gasteiger partial charge in [0.25, 0.3) is 0 Å². The van der Waals surface area contributed by atoms with Crippen LogP contribution in [0.5, 0.6) is 17.2 Å². The summed E-state index contributed by atoms with van der Waals surface area (Å²) in [5, 5.41) is 3.15. The molecule has 8 heteroatoms. The molecule has 2 rings (SSSR count). The summed E-state index contributed by atoms with van der Waals surface area (Å²) >= 11 is 0. The highest BCUT2D eigenvalue weighted by molar-refractivity contribution is 6.04. The topological polar surface area (TPSA) is 98.9 Å². The average Bonchev–Trinajstić information content (AvgIpc) is 3.00. The van der Waals surface area contributed by atoms with Crippen LogP contribution in [-0.4, -0.2) is 50.7 Å². The van der Waals surface area contributed by atoms with Crippen LogP contribution in [0.15, 0.2) is 12.1 Å². The number of ketones is 1. The molecule has 0 saturated carbocycles. The molecule has 0 amide bonds. The van der Waals surface area contributed by atoms with Crippen molar-refractivity contribution >= 4 is 17.4 Å². The van der Waals surface area contributed by atoms with E-state index in [1.54, 1.807) is 39.8 Å². The summed E-state index contributed by atoms with van der Waals surface area (Å²) in [6.07, 6.45) is 0. The smallest absolute Gasteiger partial charge is 0.340 e. The molecule has 0 aliphatic carbocycles. The number of hydrogen-bond donors (Lipinski definition) is 2. The van der Waals surface area contributed by atoms with Crippen LogP contribution >= 0.6 is 0 Å². The Kier molecular flexibility index (Phi) is 7.14. The summed E-state index contributed by atoms with van der Waals surface area (Å²) in [5.74, 6) is 0.795. The lowest BCUT2D eigenvalue weighted by Gasteiger charge is -2.18. The van der Waals surface area contributed by atoms with E-state index in [9.17, 15) is 9.59 Å². The normalized spacial score (nSPS) is 11.6. The van der Waals surface area contributed by atoms with E-state index in [-0.39, 0.29) is 12.4 Å². The Bertz CT molecular complexity index is 878. The Hall–Kier alpha value is -3.16. The molecule has 1 aromatic carbocycles. The van der Waals surface area contributed by atoms with Crippen LogP contribution in [0.4, 0.5) is 5.69 Å². The van der Waals surface area contributed by atoms with E-state index in [0.29, 0.717) is 45.5 Å². The SMILES string of the molecule is CCOC(=O)c1c(C)[nH]c(C(=O)[C@H](C)Nc2cc(OC)c(OC)c(OC)c2)c1C. The second kappa shape index (κ2) is 9.36. The number of aromatic amines is 1. The van der Waals surface area contributed by atoms with Crippen LogP contribution in [0.2, 0.25) is 0 Å². The van der Waals surface area contributed by atoms with E-state index in [1.807, 2.05) is 0 Å². The number of aromatic nitrogens is 1. The molecule has 0 aliphatic heterocycles. The fraction of sp³-hybridized carbons (Fsp3) is 0.429. The monoisotopic (exact) mass is 404 g/mol. The van der Waals surface area contributed by atoms with Gasteiger partial charge >= 0.3 is 5.97 Å². The Labute approximate surface area is 170 Å². The van der Waals surface area contributed by atoms with E-state index in [4.69, 9.17) is 18.9 Å². The van der Waals surface area contributed by atoms with E-state index < -0.39 is 12.0 Å². The molecule has 1 heterocycles. The number of anilines is 1. The van der Waals surface area contributed by atoms with Gasteiger partial charge in [0.1, 0.15) is 0 Å². The molecule has 0 aliphatic rings. The second-order valence-corrected chi connectivity index (χ2v) is 6.49. The minimum Gasteiger partial charge on any atom is -0.493 e. The number of benzene rings is 1. The zero-order chi connectivity index (χ0) is 21.7. The van der Waals surface area contributed by atoms with E-state index in [1.165, 1.54) is 21.3 Å². The molecule has 0 saturated heterocycles. The number of methoxy groups -OCH3 is 3. The number of hydrogen-bond acceptors (Lipinski definition) is 7. The van der Waals surface area contributed by atoms with Crippen molar-refractivity contribution in [3.05, 3.63) is 34.6 Å². The van der Waals surface area contributed by atoms with Crippen LogP contribution in [0, 0.1) is 13.8 Å². The predicted molar refractivity (Wildman–Crippen MR) is 110 cm³/mol. The van der Waals surface area contributed by atoms with Gasteiger partial charge in [-0.2, -0.15) is 0 Å². The van der Waals surface area contributed by atoms with Gasteiger partial charge in [-0.15, -0.1) is 0 Å². The maximum atomic E-state index is 13.0. The van der Waals surface area contributed by atoms with Crippen molar-refractivity contribution in [2.24, 2.45) is 0 Å². The highest BCUT2D eigenvalue weighted by Crippen LogP contribution is 2.40. The number of rotatable bonds is 9. The molecule has 29 heavy (non-hydrogen) atoms. The Morgan fingerprint density at radius 3 is 2.14 bits per heavy atom. The first kappa shape index (κ1) is 22.1. The Morgan fingerprint density at radius 2 is 1.66 bits per heavy atom. The zero-order valence-electron chi connectivity index (χ0n) is 17.9. The first-order valence-corrected chi connectivity index (χ1v) is 9.25. The van der Waals surface area contributed by atoms with Gasteiger partial charge in [0.2, 0.25) is 11.5 Å². The van der Waals surface area contributed by atoms with Gasteiger partial charge in [-0.25, -0.2) is 4.79 Å². The summed E-state index contributed by atoms with van der Waals surface area (Å²) in [7, 11) is 4.58. The van der Waals surface area contributed by atoms with E-state index in [0.717, 1.165) is 0 Å². The standard InChI is InChI=1S/C21H28N2O6/c1-8-29-21(25)17-11(2)18(23-12(17)3)19(24)13(4)22-14-9-15(26-5)20(28-7)16(10-14)27-6/h9-10,13,22-23H,8H2,1-7H3/t13-/m0/s1. The van der Waals surface area contributed by atoms with Crippen molar-refractivity contribution in [1.82, 2.24) is 4.98 Å². The van der Waals surface area contributed by atoms with Gasteiger partial charge in [-0.3, -0.25) is 4.79 Å². The van der Waals surface area contributed by atoms with Gasteiger partial charge in [0.05, 0.1) is 45.2 Å². The first-order chi connectivity index (χ1) is 13.8. The highest BCUT2D eigenvalue weighted by atomic mass is 16.5. The number of Topliss-reactive ketones (excluding diaryl/α,β-unsaturated/α-hetero) is 1. The molecule has 2 aromatic rings. The lowest BCUT2D eigenvalue weighted by Crippen LogP contribution is -2.27. The molecular formula is C21H28N2O6. The third-order valence-corrected chi connectivity index (χ3v) is 4.60. The molecule has 0 radical (unpaired) electrons. The van der Waals surface area contributed by atoms with Crippen molar-refractivity contribution in [2.45, 2.75) is 33.7 Å². The molecule has 8 nitrogen and oxygen atoms in total. The molecule has 1 atom stereocenters. The van der Waals surface area contributed by atoms with E-state index in [2.05, 4.69) is 10.3 Å². The quantitative estimate of drug-likeness (QED) is 0.487. The Morgan fingerprint density at radius 1 is 1.07 bits per heavy atom. The predicted octanol–water partition coefficient (Wildman–Crippen LogP) is 3.52. The third kappa shape index (κ3) is 4.47. The molecule has 0 unspecified atom stereocenters. The molecule has 0 fully saturated rings. The molecule has 1 aromatic heterocycles. The maximum Gasteiger partial charge on any atom is 0.340 e. The minimum absolute atomic E-state index is 0.185. The number of esters is 1. The number of nitrogens with one attached hydrogen (secondary N) is 2. The number of carbonyl (C=O) groups excluding carboxylic acids is 2. The lowest BCUT2D eigenvalue weighted by molar-refractivity contribution is 0.0525. The molecule has 0 spiro atoms. The number of H-pyrrole nitrogens is 1. The molecule has 2 N–H and O–H groups in total. The summed E-state index contributed by atoms with van der Waals surface area (Å²) < 4.78 is 21.1. The van der Waals surface area contributed by atoms with Gasteiger partial charge < -0.3 is 29.2 Å². The van der Waals surface area contributed by atoms with Crippen molar-refractivity contribution in [1.29, 1.82) is 0 Å². The third-order valence-electron chi connectivity index (χ3n) is 4.60. The maximum absolute atomic E-state index is 13.0. The van der Waals surface area contributed by atoms with Crippen LogP contribution in [0.1, 0.15) is 46.0 Å². The summed E-state index contributed by atoms with van der Waals surface area (Å²) in [5.41, 5.74) is 2.58. The van der Waals surface area contributed by atoms with Gasteiger partial charge in [-0.1, -0.05) is 0 Å². The lowest BCUT2D eigenvalue weighted by atomic mass is 10.0.